The highest BCUT2D eigenvalue weighted by Gasteiger charge is 2.33. The Balaban J connectivity index is 1.87. The van der Waals surface area contributed by atoms with Crippen LogP contribution in [0, 0.1) is 0 Å². The Labute approximate surface area is 203 Å². The van der Waals surface area contributed by atoms with Crippen molar-refractivity contribution in [2.24, 2.45) is 4.99 Å². The Hall–Kier alpha value is -3.79. The van der Waals surface area contributed by atoms with Crippen molar-refractivity contribution in [3.8, 4) is 11.5 Å². The number of benzene rings is 2. The number of carbonyl (C=O) groups excluding carboxylic acids is 1. The van der Waals surface area contributed by atoms with Crippen LogP contribution in [0.4, 0.5) is 8.78 Å². The van der Waals surface area contributed by atoms with Gasteiger partial charge in [-0.15, -0.1) is 0 Å². The topological polar surface area (TPSA) is 79.1 Å². The summed E-state index contributed by atoms with van der Waals surface area (Å²) < 4.78 is 41.7. The van der Waals surface area contributed by atoms with Crippen LogP contribution in [-0.2, 0) is 9.53 Å². The van der Waals surface area contributed by atoms with Gasteiger partial charge in [-0.3, -0.25) is 9.36 Å². The summed E-state index contributed by atoms with van der Waals surface area (Å²) in [6.45, 7) is 0.674. The highest BCUT2D eigenvalue weighted by molar-refractivity contribution is 7.07. The number of hydrogen-bond acceptors (Lipinski definition) is 7. The van der Waals surface area contributed by atoms with Gasteiger partial charge in [-0.2, -0.15) is 8.78 Å². The maximum absolute atomic E-state index is 13.6. The summed E-state index contributed by atoms with van der Waals surface area (Å²) in [6.07, 6.45) is 1.64. The van der Waals surface area contributed by atoms with Gasteiger partial charge in [-0.25, -0.2) is 9.79 Å². The van der Waals surface area contributed by atoms with E-state index >= 15 is 0 Å². The predicted molar refractivity (Wildman–Crippen MR) is 126 cm³/mol. The van der Waals surface area contributed by atoms with Crippen molar-refractivity contribution in [3.05, 3.63) is 90.6 Å². The second-order valence-corrected chi connectivity index (χ2v) is 8.54. The average molecular weight is 501 g/mol. The number of alkyl halides is 2. The van der Waals surface area contributed by atoms with Crippen molar-refractivity contribution in [3.63, 3.8) is 0 Å². The molecule has 35 heavy (non-hydrogen) atoms. The minimum atomic E-state index is -2.92. The van der Waals surface area contributed by atoms with E-state index in [1.54, 1.807) is 50.3 Å². The van der Waals surface area contributed by atoms with Crippen molar-refractivity contribution in [1.29, 1.82) is 0 Å². The molecule has 2 heterocycles. The zero-order valence-electron chi connectivity index (χ0n) is 19.2. The molecule has 182 valence electrons. The summed E-state index contributed by atoms with van der Waals surface area (Å²) in [7, 11) is 1.54. The molecule has 0 unspecified atom stereocenters. The Bertz CT molecular complexity index is 1460. The summed E-state index contributed by atoms with van der Waals surface area (Å²) in [6, 6.07) is 12.3. The Morgan fingerprint density at radius 1 is 1.20 bits per heavy atom. The van der Waals surface area contributed by atoms with Crippen molar-refractivity contribution in [1.82, 2.24) is 4.57 Å². The standard InChI is InChI=1S/C25H22F2N2O5S/c1-4-33-23(31)20-14(2)28-25-29(21(20)16-6-5-7-18(13-16)32-3)22(30)19(35-25)12-15-8-10-17(11-9-15)34-24(26)27/h5-13,21,24H,4H2,1-3H3/b19-12+/t21-/m0/s1. The van der Waals surface area contributed by atoms with E-state index in [-0.39, 0.29) is 23.5 Å². The zero-order valence-corrected chi connectivity index (χ0v) is 20.0. The maximum atomic E-state index is 13.6. The predicted octanol–water partition coefficient (Wildman–Crippen LogP) is 3.41. The number of nitrogens with zero attached hydrogens (tertiary/aromatic N) is 2. The Morgan fingerprint density at radius 2 is 1.94 bits per heavy atom. The maximum Gasteiger partial charge on any atom is 0.387 e. The van der Waals surface area contributed by atoms with Crippen LogP contribution in [-0.4, -0.2) is 30.9 Å². The van der Waals surface area contributed by atoms with Crippen LogP contribution in [0.5, 0.6) is 11.5 Å². The first-order valence-electron chi connectivity index (χ1n) is 10.7. The van der Waals surface area contributed by atoms with E-state index in [1.807, 2.05) is 6.07 Å². The number of allylic oxidation sites excluding steroid dienone is 1. The minimum Gasteiger partial charge on any atom is -0.497 e. The van der Waals surface area contributed by atoms with E-state index in [1.165, 1.54) is 35.1 Å². The minimum absolute atomic E-state index is 0.0198. The molecule has 1 aliphatic heterocycles. The molecule has 10 heteroatoms. The number of rotatable bonds is 7. The molecule has 0 amide bonds. The highest BCUT2D eigenvalue weighted by Crippen LogP contribution is 2.32. The summed E-state index contributed by atoms with van der Waals surface area (Å²) in [5.74, 6) is 0.0467. The van der Waals surface area contributed by atoms with Crippen molar-refractivity contribution >= 4 is 23.4 Å². The van der Waals surface area contributed by atoms with Crippen LogP contribution in [0.1, 0.15) is 31.0 Å². The van der Waals surface area contributed by atoms with Gasteiger partial charge < -0.3 is 14.2 Å². The molecule has 4 rings (SSSR count). The first-order chi connectivity index (χ1) is 16.8. The number of esters is 1. The van der Waals surface area contributed by atoms with Gasteiger partial charge >= 0.3 is 12.6 Å². The molecular formula is C25H22F2N2O5S. The lowest BCUT2D eigenvalue weighted by molar-refractivity contribution is -0.139. The van der Waals surface area contributed by atoms with E-state index in [4.69, 9.17) is 9.47 Å². The van der Waals surface area contributed by atoms with Gasteiger partial charge in [0.05, 0.1) is 35.6 Å². The van der Waals surface area contributed by atoms with Crippen LogP contribution in [0.3, 0.4) is 0 Å². The molecule has 1 aromatic heterocycles. The van der Waals surface area contributed by atoms with Gasteiger partial charge in [-0.1, -0.05) is 35.6 Å². The van der Waals surface area contributed by atoms with Crippen LogP contribution < -0.4 is 24.4 Å². The van der Waals surface area contributed by atoms with E-state index < -0.39 is 18.6 Å². The second kappa shape index (κ2) is 10.2. The molecule has 7 nitrogen and oxygen atoms in total. The Morgan fingerprint density at radius 3 is 2.60 bits per heavy atom. The molecule has 0 fully saturated rings. The smallest absolute Gasteiger partial charge is 0.387 e. The number of hydrogen-bond donors (Lipinski definition) is 0. The number of fused-ring (bicyclic) bond motifs is 1. The summed E-state index contributed by atoms with van der Waals surface area (Å²) in [5, 5.41) is 0. The van der Waals surface area contributed by atoms with Crippen molar-refractivity contribution < 1.29 is 27.8 Å². The number of thiazole rings is 1. The van der Waals surface area contributed by atoms with Gasteiger partial charge in [0.2, 0.25) is 0 Å². The third kappa shape index (κ3) is 5.02. The first-order valence-corrected chi connectivity index (χ1v) is 11.5. The fourth-order valence-electron chi connectivity index (χ4n) is 3.82. The van der Waals surface area contributed by atoms with Crippen molar-refractivity contribution in [2.45, 2.75) is 26.5 Å². The van der Waals surface area contributed by atoms with Gasteiger partial charge in [-0.05, 0) is 55.3 Å². The van der Waals surface area contributed by atoms with Gasteiger partial charge in [0.1, 0.15) is 11.5 Å². The third-order valence-electron chi connectivity index (χ3n) is 5.33. The monoisotopic (exact) mass is 500 g/mol. The molecule has 3 aromatic rings. The number of ether oxygens (including phenoxy) is 3. The molecule has 1 aliphatic rings. The zero-order chi connectivity index (χ0) is 25.1. The van der Waals surface area contributed by atoms with Crippen LogP contribution in [0.15, 0.2) is 69.6 Å². The molecule has 0 saturated heterocycles. The number of carbonyl (C=O) groups is 1. The Kier molecular flexibility index (Phi) is 7.11. The van der Waals surface area contributed by atoms with E-state index in [0.717, 1.165) is 0 Å². The third-order valence-corrected chi connectivity index (χ3v) is 6.31. The van der Waals surface area contributed by atoms with E-state index in [0.29, 0.717) is 31.9 Å². The van der Waals surface area contributed by atoms with Crippen LogP contribution in [0.2, 0.25) is 0 Å². The van der Waals surface area contributed by atoms with Gasteiger partial charge in [0.15, 0.2) is 4.80 Å². The van der Waals surface area contributed by atoms with E-state index in [9.17, 15) is 18.4 Å². The normalized spacial score (nSPS) is 15.6. The summed E-state index contributed by atoms with van der Waals surface area (Å²) in [4.78, 5) is 31.4. The molecule has 1 atom stereocenters. The van der Waals surface area contributed by atoms with Gasteiger partial charge in [0.25, 0.3) is 5.56 Å². The van der Waals surface area contributed by atoms with Crippen molar-refractivity contribution in [2.75, 3.05) is 13.7 Å². The summed E-state index contributed by atoms with van der Waals surface area (Å²) >= 11 is 1.17. The quantitative estimate of drug-likeness (QED) is 0.465. The number of halogens is 2. The molecule has 0 bridgehead atoms. The largest absolute Gasteiger partial charge is 0.497 e. The molecule has 0 spiro atoms. The first kappa shape index (κ1) is 24.3. The lowest BCUT2D eigenvalue weighted by atomic mass is 9.95. The SMILES string of the molecule is CCOC(=O)C1=C(C)N=c2s/c(=C/c3ccc(OC(F)F)cc3)c(=O)n2[C@H]1c1cccc(OC)c1. The number of methoxy groups -OCH3 is 1. The number of aromatic nitrogens is 1. The molecule has 0 radical (unpaired) electrons. The fraction of sp³-hybridized carbons (Fsp3) is 0.240. The van der Waals surface area contributed by atoms with Crippen LogP contribution in [0.25, 0.3) is 6.08 Å². The van der Waals surface area contributed by atoms with Crippen LogP contribution >= 0.6 is 11.3 Å². The summed E-state index contributed by atoms with van der Waals surface area (Å²) in [5.41, 5.74) is 1.67. The highest BCUT2D eigenvalue weighted by atomic mass is 32.1. The lowest BCUT2D eigenvalue weighted by Gasteiger charge is -2.25. The molecule has 0 N–H and O–H groups in total. The fourth-order valence-corrected chi connectivity index (χ4v) is 4.86. The lowest BCUT2D eigenvalue weighted by Crippen LogP contribution is -2.39. The molecule has 2 aromatic carbocycles. The average Bonchev–Trinajstić information content (AvgIpc) is 3.13. The second-order valence-electron chi connectivity index (χ2n) is 7.53. The van der Waals surface area contributed by atoms with Gasteiger partial charge in [0, 0.05) is 0 Å². The molecule has 0 aliphatic carbocycles. The van der Waals surface area contributed by atoms with E-state index in [2.05, 4.69) is 9.73 Å². The molecule has 0 saturated carbocycles. The molecular weight excluding hydrogens is 478 g/mol.